The molecule has 1 N–H and O–H groups in total. The molecule has 98 valence electrons. The minimum Gasteiger partial charge on any atom is -0.390 e. The molecular weight excluding hydrogens is 224 g/mol. The molecule has 1 aromatic rings. The lowest BCUT2D eigenvalue weighted by atomic mass is 9.96. The zero-order valence-electron chi connectivity index (χ0n) is 10.9. The number of aromatic nitrogens is 1. The van der Waals surface area contributed by atoms with Gasteiger partial charge in [-0.05, 0) is 43.7 Å². The molecule has 0 spiro atoms. The molecular formula is C15H22N2O. The molecule has 1 atom stereocenters. The molecule has 1 unspecified atom stereocenters. The van der Waals surface area contributed by atoms with E-state index in [-0.39, 0.29) is 6.61 Å². The highest BCUT2D eigenvalue weighted by Gasteiger charge is 2.33. The molecule has 1 aliphatic heterocycles. The van der Waals surface area contributed by atoms with Crippen LogP contribution in [-0.4, -0.2) is 22.7 Å². The van der Waals surface area contributed by atoms with Crippen molar-refractivity contribution in [3.63, 3.8) is 0 Å². The number of pyridine rings is 1. The van der Waals surface area contributed by atoms with Crippen LogP contribution in [0.3, 0.4) is 0 Å². The molecule has 1 saturated heterocycles. The molecule has 2 heterocycles. The number of hydrogen-bond donors (Lipinski definition) is 1. The first-order chi connectivity index (χ1) is 8.88. The van der Waals surface area contributed by atoms with Crippen LogP contribution in [0.2, 0.25) is 0 Å². The number of nitrogens with zero attached hydrogens (tertiary/aromatic N) is 2. The quantitative estimate of drug-likeness (QED) is 0.891. The third-order valence-corrected chi connectivity index (χ3v) is 4.49. The van der Waals surface area contributed by atoms with Gasteiger partial charge in [0.05, 0.1) is 12.3 Å². The summed E-state index contributed by atoms with van der Waals surface area (Å²) in [5.41, 5.74) is 0.782. The summed E-state index contributed by atoms with van der Waals surface area (Å²) in [6.07, 6.45) is 8.18. The minimum atomic E-state index is 0.0375. The lowest BCUT2D eigenvalue weighted by Crippen LogP contribution is -2.35. The summed E-state index contributed by atoms with van der Waals surface area (Å²) < 4.78 is 0. The molecule has 1 aromatic heterocycles. The van der Waals surface area contributed by atoms with Gasteiger partial charge < -0.3 is 10.0 Å². The number of aliphatic hydroxyl groups excluding tert-OH is 1. The number of rotatable bonds is 3. The maximum atomic E-state index is 9.20. The minimum absolute atomic E-state index is 0.0375. The van der Waals surface area contributed by atoms with Gasteiger partial charge in [-0.3, -0.25) is 0 Å². The van der Waals surface area contributed by atoms with Gasteiger partial charge >= 0.3 is 0 Å². The fourth-order valence-corrected chi connectivity index (χ4v) is 3.62. The van der Waals surface area contributed by atoms with Crippen molar-refractivity contribution in [2.75, 3.05) is 11.4 Å². The highest BCUT2D eigenvalue weighted by molar-refractivity contribution is 5.42. The van der Waals surface area contributed by atoms with Crippen molar-refractivity contribution in [2.24, 2.45) is 5.92 Å². The van der Waals surface area contributed by atoms with E-state index in [1.165, 1.54) is 38.5 Å². The highest BCUT2D eigenvalue weighted by atomic mass is 16.3. The van der Waals surface area contributed by atoms with Gasteiger partial charge in [0, 0.05) is 12.6 Å². The van der Waals surface area contributed by atoms with Gasteiger partial charge in [-0.15, -0.1) is 0 Å². The standard InChI is InChI=1S/C15H22N2O/c18-11-13-7-3-9-15(16-13)17-10-4-8-14(17)12-5-1-2-6-12/h3,7,9,12,14,18H,1-2,4-6,8,10-11H2. The third kappa shape index (κ3) is 2.24. The van der Waals surface area contributed by atoms with Crippen molar-refractivity contribution in [1.82, 2.24) is 4.98 Å². The van der Waals surface area contributed by atoms with Crippen LogP contribution >= 0.6 is 0 Å². The van der Waals surface area contributed by atoms with E-state index in [9.17, 15) is 5.11 Å². The first-order valence-electron chi connectivity index (χ1n) is 7.22. The van der Waals surface area contributed by atoms with E-state index in [1.807, 2.05) is 12.1 Å². The van der Waals surface area contributed by atoms with E-state index in [0.29, 0.717) is 6.04 Å². The van der Waals surface area contributed by atoms with Crippen molar-refractivity contribution < 1.29 is 5.11 Å². The summed E-state index contributed by atoms with van der Waals surface area (Å²) in [6.45, 7) is 1.17. The summed E-state index contributed by atoms with van der Waals surface area (Å²) in [7, 11) is 0. The summed E-state index contributed by atoms with van der Waals surface area (Å²) in [5.74, 6) is 1.93. The predicted molar refractivity (Wildman–Crippen MR) is 72.5 cm³/mol. The van der Waals surface area contributed by atoms with E-state index >= 15 is 0 Å². The van der Waals surface area contributed by atoms with Gasteiger partial charge in [-0.2, -0.15) is 0 Å². The Morgan fingerprint density at radius 2 is 2.00 bits per heavy atom. The maximum absolute atomic E-state index is 9.20. The first kappa shape index (κ1) is 12.0. The number of aliphatic hydroxyl groups is 1. The molecule has 2 fully saturated rings. The molecule has 3 rings (SSSR count). The van der Waals surface area contributed by atoms with Crippen LogP contribution in [0.25, 0.3) is 0 Å². The molecule has 0 aromatic carbocycles. The topological polar surface area (TPSA) is 36.4 Å². The Hall–Kier alpha value is -1.09. The fourth-order valence-electron chi connectivity index (χ4n) is 3.62. The second kappa shape index (κ2) is 5.27. The van der Waals surface area contributed by atoms with Crippen LogP contribution in [0, 0.1) is 5.92 Å². The van der Waals surface area contributed by atoms with Gasteiger partial charge in [-0.1, -0.05) is 18.9 Å². The second-order valence-electron chi connectivity index (χ2n) is 5.59. The molecule has 3 heteroatoms. The molecule has 1 saturated carbocycles. The average Bonchev–Trinajstić information content (AvgIpc) is 3.09. The van der Waals surface area contributed by atoms with Crippen LogP contribution < -0.4 is 4.90 Å². The van der Waals surface area contributed by atoms with Crippen LogP contribution in [0.15, 0.2) is 18.2 Å². The number of anilines is 1. The van der Waals surface area contributed by atoms with Crippen molar-refractivity contribution in [3.05, 3.63) is 23.9 Å². The molecule has 18 heavy (non-hydrogen) atoms. The van der Waals surface area contributed by atoms with Crippen LogP contribution in [0.5, 0.6) is 0 Å². The lowest BCUT2D eigenvalue weighted by molar-refractivity contribution is 0.277. The van der Waals surface area contributed by atoms with Crippen LogP contribution in [0.1, 0.15) is 44.2 Å². The largest absolute Gasteiger partial charge is 0.390 e. The molecule has 3 nitrogen and oxygen atoms in total. The van der Waals surface area contributed by atoms with Crippen molar-refractivity contribution in [3.8, 4) is 0 Å². The number of hydrogen-bond acceptors (Lipinski definition) is 3. The molecule has 0 bridgehead atoms. The smallest absolute Gasteiger partial charge is 0.129 e. The Morgan fingerprint density at radius 3 is 2.78 bits per heavy atom. The second-order valence-corrected chi connectivity index (χ2v) is 5.59. The average molecular weight is 246 g/mol. The van der Waals surface area contributed by atoms with E-state index in [1.54, 1.807) is 0 Å². The monoisotopic (exact) mass is 246 g/mol. The van der Waals surface area contributed by atoms with Gasteiger partial charge in [0.2, 0.25) is 0 Å². The molecule has 1 aliphatic carbocycles. The molecule has 0 amide bonds. The van der Waals surface area contributed by atoms with Crippen molar-refractivity contribution >= 4 is 5.82 Å². The van der Waals surface area contributed by atoms with Gasteiger partial charge in [0.25, 0.3) is 0 Å². The summed E-state index contributed by atoms with van der Waals surface area (Å²) in [6, 6.07) is 6.68. The Bertz CT molecular complexity index is 401. The SMILES string of the molecule is OCc1cccc(N2CCCC2C2CCCC2)n1. The maximum Gasteiger partial charge on any atom is 0.129 e. The van der Waals surface area contributed by atoms with Gasteiger partial charge in [-0.25, -0.2) is 4.98 Å². The summed E-state index contributed by atoms with van der Waals surface area (Å²) in [4.78, 5) is 7.05. The zero-order valence-corrected chi connectivity index (χ0v) is 10.9. The third-order valence-electron chi connectivity index (χ3n) is 4.49. The van der Waals surface area contributed by atoms with E-state index < -0.39 is 0 Å². The Morgan fingerprint density at radius 1 is 1.17 bits per heavy atom. The lowest BCUT2D eigenvalue weighted by Gasteiger charge is -2.30. The highest BCUT2D eigenvalue weighted by Crippen LogP contribution is 2.37. The fraction of sp³-hybridized carbons (Fsp3) is 0.667. The van der Waals surface area contributed by atoms with Crippen molar-refractivity contribution in [2.45, 2.75) is 51.2 Å². The summed E-state index contributed by atoms with van der Waals surface area (Å²) in [5, 5.41) is 9.20. The van der Waals surface area contributed by atoms with Crippen LogP contribution in [0.4, 0.5) is 5.82 Å². The Balaban J connectivity index is 1.80. The molecule has 2 aliphatic rings. The van der Waals surface area contributed by atoms with E-state index in [2.05, 4.69) is 16.0 Å². The normalized spacial score (nSPS) is 24.9. The molecule has 0 radical (unpaired) electrons. The summed E-state index contributed by atoms with van der Waals surface area (Å²) >= 11 is 0. The Labute approximate surface area is 109 Å². The zero-order chi connectivity index (χ0) is 12.4. The Kier molecular flexibility index (Phi) is 3.50. The predicted octanol–water partition coefficient (Wildman–Crippen LogP) is 2.73. The van der Waals surface area contributed by atoms with E-state index in [4.69, 9.17) is 0 Å². The van der Waals surface area contributed by atoms with Crippen molar-refractivity contribution in [1.29, 1.82) is 0 Å². The van der Waals surface area contributed by atoms with Gasteiger partial charge in [0.1, 0.15) is 5.82 Å². The van der Waals surface area contributed by atoms with Gasteiger partial charge in [0.15, 0.2) is 0 Å². The first-order valence-corrected chi connectivity index (χ1v) is 7.22. The van der Waals surface area contributed by atoms with E-state index in [0.717, 1.165) is 24.0 Å². The van der Waals surface area contributed by atoms with Crippen LogP contribution in [-0.2, 0) is 6.61 Å².